The summed E-state index contributed by atoms with van der Waals surface area (Å²) in [5.74, 6) is -0.836. The number of hydrogen-bond donors (Lipinski definition) is 2. The number of nitrogens with zero attached hydrogens (tertiary/aromatic N) is 3. The van der Waals surface area contributed by atoms with Crippen LogP contribution in [-0.2, 0) is 17.9 Å². The Morgan fingerprint density at radius 1 is 1.21 bits per heavy atom. The monoisotopic (exact) mass is 484 g/mol. The zero-order valence-corrected chi connectivity index (χ0v) is 20.3. The average Bonchev–Trinajstić information content (AvgIpc) is 2.83. The van der Waals surface area contributed by atoms with E-state index in [1.54, 1.807) is 41.3 Å². The van der Waals surface area contributed by atoms with Crippen molar-refractivity contribution in [2.24, 2.45) is 5.41 Å². The fourth-order valence-corrected chi connectivity index (χ4v) is 3.70. The topological polar surface area (TPSA) is 105 Å². The van der Waals surface area contributed by atoms with Crippen LogP contribution in [0.25, 0.3) is 11.0 Å². The first kappa shape index (κ1) is 25.4. The highest BCUT2D eigenvalue weighted by Crippen LogP contribution is 2.17. The van der Waals surface area contributed by atoms with Gasteiger partial charge < -0.3 is 15.3 Å². The number of nitrogens with one attached hydrogen (secondary N) is 1. The number of halogens is 1. The molecular formula is C25H29ClN4O4. The molecule has 3 aromatic rings. The van der Waals surface area contributed by atoms with E-state index in [0.717, 1.165) is 5.56 Å². The quantitative estimate of drug-likeness (QED) is 0.486. The summed E-state index contributed by atoms with van der Waals surface area (Å²) >= 11 is 5.90. The number of hydrogen-bond acceptors (Lipinski definition) is 5. The lowest BCUT2D eigenvalue weighted by Gasteiger charge is -2.31. The van der Waals surface area contributed by atoms with E-state index in [0.29, 0.717) is 29.1 Å². The number of likely N-dealkylation sites (N-methyl/N-ethyl adjacent to an activating group) is 1. The van der Waals surface area contributed by atoms with Gasteiger partial charge in [-0.25, -0.2) is 4.98 Å². The fraction of sp³-hybridized carbons (Fsp3) is 0.360. The average molecular weight is 485 g/mol. The van der Waals surface area contributed by atoms with E-state index in [4.69, 9.17) is 11.6 Å². The first-order valence-electron chi connectivity index (χ1n) is 11.0. The van der Waals surface area contributed by atoms with Crippen molar-refractivity contribution >= 4 is 34.4 Å². The molecule has 1 aromatic carbocycles. The maximum Gasteiger partial charge on any atom is 0.265 e. The molecule has 2 heterocycles. The van der Waals surface area contributed by atoms with Crippen molar-refractivity contribution in [2.75, 3.05) is 19.7 Å². The molecule has 0 aliphatic carbocycles. The van der Waals surface area contributed by atoms with Gasteiger partial charge in [-0.3, -0.25) is 19.0 Å². The normalized spacial score (nSPS) is 11.4. The Labute approximate surface area is 203 Å². The molecule has 3 rings (SSSR count). The van der Waals surface area contributed by atoms with Crippen LogP contribution in [0.3, 0.4) is 0 Å². The highest BCUT2D eigenvalue weighted by atomic mass is 35.5. The molecule has 0 radical (unpaired) electrons. The number of amides is 2. The van der Waals surface area contributed by atoms with Crippen LogP contribution in [0.1, 0.15) is 36.7 Å². The van der Waals surface area contributed by atoms with Crippen LogP contribution in [0.2, 0.25) is 5.02 Å². The van der Waals surface area contributed by atoms with Gasteiger partial charge in [-0.05, 0) is 42.8 Å². The van der Waals surface area contributed by atoms with Crippen molar-refractivity contribution in [1.82, 2.24) is 19.8 Å². The Kier molecular flexibility index (Phi) is 8.06. The molecular weight excluding hydrogens is 456 g/mol. The van der Waals surface area contributed by atoms with Crippen molar-refractivity contribution in [3.05, 3.63) is 75.2 Å². The Morgan fingerprint density at radius 3 is 2.56 bits per heavy atom. The summed E-state index contributed by atoms with van der Waals surface area (Å²) in [7, 11) is 0. The number of carbonyl (C=O) groups is 2. The van der Waals surface area contributed by atoms with E-state index in [2.05, 4.69) is 10.3 Å². The first-order chi connectivity index (χ1) is 16.1. The Bertz CT molecular complexity index is 1240. The summed E-state index contributed by atoms with van der Waals surface area (Å²) in [6.45, 7) is 6.19. The minimum absolute atomic E-state index is 0.0685. The second kappa shape index (κ2) is 10.8. The molecule has 0 unspecified atom stereocenters. The number of aliphatic hydroxyl groups is 1. The van der Waals surface area contributed by atoms with Crippen LogP contribution in [0.5, 0.6) is 0 Å². The van der Waals surface area contributed by atoms with Crippen molar-refractivity contribution < 1.29 is 14.7 Å². The Balaban J connectivity index is 1.91. The summed E-state index contributed by atoms with van der Waals surface area (Å²) in [5.41, 5.74) is 0.0142. The Morgan fingerprint density at radius 2 is 1.91 bits per heavy atom. The number of rotatable bonds is 9. The van der Waals surface area contributed by atoms with Gasteiger partial charge in [-0.2, -0.15) is 0 Å². The van der Waals surface area contributed by atoms with Crippen LogP contribution in [-0.4, -0.2) is 51.1 Å². The number of fused-ring (bicyclic) bond motifs is 1. The third kappa shape index (κ3) is 6.01. The van der Waals surface area contributed by atoms with Crippen molar-refractivity contribution in [3.8, 4) is 0 Å². The SMILES string of the molecule is CCN(CC(C)(C)CO)C(=O)Cn1c(=O)c(C(=O)NCc2ccc(Cl)cc2)cc2cccnc21. The Hall–Kier alpha value is -3.23. The van der Waals surface area contributed by atoms with Gasteiger partial charge >= 0.3 is 0 Å². The van der Waals surface area contributed by atoms with Crippen molar-refractivity contribution in [1.29, 1.82) is 0 Å². The molecule has 8 nitrogen and oxygen atoms in total. The van der Waals surface area contributed by atoms with E-state index >= 15 is 0 Å². The fourth-order valence-electron chi connectivity index (χ4n) is 3.57. The molecule has 2 aromatic heterocycles. The minimum atomic E-state index is -0.592. The van der Waals surface area contributed by atoms with Crippen LogP contribution in [0, 0.1) is 5.41 Å². The molecule has 0 bridgehead atoms. The number of aromatic nitrogens is 2. The summed E-state index contributed by atoms with van der Waals surface area (Å²) < 4.78 is 1.24. The van der Waals surface area contributed by atoms with Crippen LogP contribution in [0.15, 0.2) is 53.5 Å². The molecule has 0 aliphatic heterocycles. The third-order valence-electron chi connectivity index (χ3n) is 5.53. The van der Waals surface area contributed by atoms with E-state index in [1.807, 2.05) is 20.8 Å². The first-order valence-corrected chi connectivity index (χ1v) is 11.4. The molecule has 2 amide bonds. The van der Waals surface area contributed by atoms with Crippen molar-refractivity contribution in [3.63, 3.8) is 0 Å². The maximum atomic E-state index is 13.3. The van der Waals surface area contributed by atoms with E-state index < -0.39 is 16.9 Å². The molecule has 180 valence electrons. The van der Waals surface area contributed by atoms with Gasteiger partial charge in [0.05, 0.1) is 0 Å². The van der Waals surface area contributed by atoms with Gasteiger partial charge in [0, 0.05) is 48.3 Å². The maximum absolute atomic E-state index is 13.3. The smallest absolute Gasteiger partial charge is 0.265 e. The number of carbonyl (C=O) groups excluding carboxylic acids is 2. The number of pyridine rings is 2. The van der Waals surface area contributed by atoms with E-state index in [9.17, 15) is 19.5 Å². The van der Waals surface area contributed by atoms with Gasteiger partial charge in [0.25, 0.3) is 11.5 Å². The second-order valence-electron chi connectivity index (χ2n) is 8.90. The third-order valence-corrected chi connectivity index (χ3v) is 5.79. The molecule has 0 aliphatic rings. The molecule has 9 heteroatoms. The lowest BCUT2D eigenvalue weighted by Crippen LogP contribution is -2.43. The van der Waals surface area contributed by atoms with Gasteiger partial charge in [-0.15, -0.1) is 0 Å². The van der Waals surface area contributed by atoms with Crippen molar-refractivity contribution in [2.45, 2.75) is 33.9 Å². The zero-order valence-electron chi connectivity index (χ0n) is 19.5. The van der Waals surface area contributed by atoms with Gasteiger partial charge in [0.2, 0.25) is 5.91 Å². The zero-order chi connectivity index (χ0) is 24.9. The van der Waals surface area contributed by atoms with Crippen LogP contribution < -0.4 is 10.9 Å². The second-order valence-corrected chi connectivity index (χ2v) is 9.34. The molecule has 0 fully saturated rings. The summed E-state index contributed by atoms with van der Waals surface area (Å²) in [4.78, 5) is 45.2. The summed E-state index contributed by atoms with van der Waals surface area (Å²) in [6.07, 6.45) is 1.54. The van der Waals surface area contributed by atoms with Gasteiger partial charge in [0.15, 0.2) is 0 Å². The molecule has 2 N–H and O–H groups in total. The largest absolute Gasteiger partial charge is 0.396 e. The van der Waals surface area contributed by atoms with Crippen LogP contribution in [0.4, 0.5) is 0 Å². The van der Waals surface area contributed by atoms with Crippen LogP contribution >= 0.6 is 11.6 Å². The predicted octanol–water partition coefficient (Wildman–Crippen LogP) is 2.85. The minimum Gasteiger partial charge on any atom is -0.396 e. The lowest BCUT2D eigenvalue weighted by atomic mass is 9.94. The molecule has 0 saturated heterocycles. The molecule has 34 heavy (non-hydrogen) atoms. The highest BCUT2D eigenvalue weighted by Gasteiger charge is 2.25. The number of aliphatic hydroxyl groups excluding tert-OH is 1. The highest BCUT2D eigenvalue weighted by molar-refractivity contribution is 6.30. The van der Waals surface area contributed by atoms with Gasteiger partial charge in [-0.1, -0.05) is 37.6 Å². The summed E-state index contributed by atoms with van der Waals surface area (Å²) in [5, 5.41) is 13.5. The molecule has 0 atom stereocenters. The standard InChI is InChI=1S/C25H29ClN4O4/c1-4-29(15-25(2,3)16-31)21(32)14-30-22-18(6-5-11-27-22)12-20(24(30)34)23(33)28-13-17-7-9-19(26)10-8-17/h5-12,31H,4,13-16H2,1-3H3,(H,28,33). The van der Waals surface area contributed by atoms with E-state index in [-0.39, 0.29) is 31.2 Å². The van der Waals surface area contributed by atoms with Gasteiger partial charge in [0.1, 0.15) is 17.8 Å². The molecule has 0 spiro atoms. The lowest BCUT2D eigenvalue weighted by molar-refractivity contribution is -0.133. The predicted molar refractivity (Wildman–Crippen MR) is 132 cm³/mol. The molecule has 0 saturated carbocycles. The number of benzene rings is 1. The van der Waals surface area contributed by atoms with E-state index in [1.165, 1.54) is 16.8 Å². The summed E-state index contributed by atoms with van der Waals surface area (Å²) in [6, 6.07) is 12.0.